The molecule has 16 heavy (non-hydrogen) atoms. The highest BCUT2D eigenvalue weighted by Crippen LogP contribution is 2.22. The van der Waals surface area contributed by atoms with Crippen molar-refractivity contribution in [1.82, 2.24) is 9.97 Å². The van der Waals surface area contributed by atoms with Gasteiger partial charge in [0.25, 0.3) is 0 Å². The Morgan fingerprint density at radius 3 is 3.00 bits per heavy atom. The highest BCUT2D eigenvalue weighted by atomic mass is 35.5. The summed E-state index contributed by atoms with van der Waals surface area (Å²) in [6.07, 6.45) is 0. The van der Waals surface area contributed by atoms with Crippen LogP contribution in [0.25, 0.3) is 0 Å². The average Bonchev–Trinajstić information content (AvgIpc) is 2.74. The van der Waals surface area contributed by atoms with Gasteiger partial charge in [-0.1, -0.05) is 11.6 Å². The maximum absolute atomic E-state index is 5.84. The zero-order valence-electron chi connectivity index (χ0n) is 8.72. The minimum Gasteiger partial charge on any atom is -0.396 e. The molecule has 0 aromatic carbocycles. The first-order valence-electron chi connectivity index (χ1n) is 4.67. The Morgan fingerprint density at radius 1 is 1.50 bits per heavy atom. The number of nitrogens with zero attached hydrogens (tertiary/aromatic N) is 3. The zero-order valence-corrected chi connectivity index (χ0v) is 10.3. The van der Waals surface area contributed by atoms with Crippen molar-refractivity contribution in [2.24, 2.45) is 0 Å². The third-order valence-corrected chi connectivity index (χ3v) is 2.96. The van der Waals surface area contributed by atoms with Gasteiger partial charge in [0, 0.05) is 12.4 Å². The Balaban J connectivity index is 2.20. The zero-order chi connectivity index (χ0) is 11.5. The van der Waals surface area contributed by atoms with Crippen molar-refractivity contribution in [2.45, 2.75) is 6.54 Å². The van der Waals surface area contributed by atoms with Gasteiger partial charge in [-0.15, -0.1) is 11.3 Å². The maximum Gasteiger partial charge on any atom is 0.153 e. The van der Waals surface area contributed by atoms with Crippen LogP contribution in [-0.2, 0) is 6.54 Å². The van der Waals surface area contributed by atoms with Crippen molar-refractivity contribution in [3.63, 3.8) is 0 Å². The number of hydrogen-bond donors (Lipinski definition) is 1. The molecule has 0 atom stereocenters. The van der Waals surface area contributed by atoms with E-state index in [4.69, 9.17) is 17.3 Å². The first-order chi connectivity index (χ1) is 7.66. The van der Waals surface area contributed by atoms with E-state index in [1.165, 1.54) is 0 Å². The van der Waals surface area contributed by atoms with E-state index in [1.807, 2.05) is 17.3 Å². The monoisotopic (exact) mass is 254 g/mol. The van der Waals surface area contributed by atoms with E-state index in [0.717, 1.165) is 5.69 Å². The molecule has 0 saturated carbocycles. The fourth-order valence-corrected chi connectivity index (χ4v) is 2.07. The lowest BCUT2D eigenvalue weighted by molar-refractivity contribution is 0.876. The standard InChI is InChI=1S/C10H11ClN4S/c1-15(4-7-5-16-6-13-7)10-8(12)2-3-9(11)14-10/h2-3,5-6H,4,12H2,1H3. The number of rotatable bonds is 3. The molecule has 84 valence electrons. The summed E-state index contributed by atoms with van der Waals surface area (Å²) in [5.74, 6) is 0.681. The fraction of sp³-hybridized carbons (Fsp3) is 0.200. The van der Waals surface area contributed by atoms with Crippen LogP contribution in [0.5, 0.6) is 0 Å². The van der Waals surface area contributed by atoms with Crippen LogP contribution in [0, 0.1) is 0 Å². The molecule has 0 aliphatic carbocycles. The number of nitrogen functional groups attached to an aromatic ring is 1. The lowest BCUT2D eigenvalue weighted by Crippen LogP contribution is -2.19. The van der Waals surface area contributed by atoms with E-state index in [2.05, 4.69) is 9.97 Å². The van der Waals surface area contributed by atoms with Crippen molar-refractivity contribution in [3.8, 4) is 0 Å². The van der Waals surface area contributed by atoms with E-state index in [1.54, 1.807) is 29.0 Å². The molecule has 2 N–H and O–H groups in total. The van der Waals surface area contributed by atoms with E-state index in [0.29, 0.717) is 23.2 Å². The molecule has 2 aromatic heterocycles. The molecule has 2 aromatic rings. The second kappa shape index (κ2) is 4.67. The van der Waals surface area contributed by atoms with Gasteiger partial charge in [0.1, 0.15) is 5.15 Å². The lowest BCUT2D eigenvalue weighted by atomic mass is 10.3. The van der Waals surface area contributed by atoms with Crippen LogP contribution in [0.15, 0.2) is 23.0 Å². The molecule has 0 amide bonds. The molecule has 0 spiro atoms. The molecule has 0 fully saturated rings. The maximum atomic E-state index is 5.84. The summed E-state index contributed by atoms with van der Waals surface area (Å²) >= 11 is 7.40. The van der Waals surface area contributed by atoms with Crippen molar-refractivity contribution in [2.75, 3.05) is 17.7 Å². The average molecular weight is 255 g/mol. The summed E-state index contributed by atoms with van der Waals surface area (Å²) in [7, 11) is 1.91. The van der Waals surface area contributed by atoms with Crippen LogP contribution in [0.4, 0.5) is 11.5 Å². The van der Waals surface area contributed by atoms with Crippen molar-refractivity contribution in [1.29, 1.82) is 0 Å². The van der Waals surface area contributed by atoms with Gasteiger partial charge in [0.2, 0.25) is 0 Å². The molecule has 0 saturated heterocycles. The summed E-state index contributed by atoms with van der Waals surface area (Å²) < 4.78 is 0. The Morgan fingerprint density at radius 2 is 2.31 bits per heavy atom. The Bertz CT molecular complexity index is 472. The first-order valence-corrected chi connectivity index (χ1v) is 5.99. The molecule has 4 nitrogen and oxygen atoms in total. The number of pyridine rings is 1. The number of nitrogens with two attached hydrogens (primary N) is 1. The smallest absolute Gasteiger partial charge is 0.153 e. The summed E-state index contributed by atoms with van der Waals surface area (Å²) in [6, 6.07) is 3.43. The molecule has 2 heterocycles. The van der Waals surface area contributed by atoms with Crippen LogP contribution in [0.3, 0.4) is 0 Å². The number of anilines is 2. The van der Waals surface area contributed by atoms with E-state index >= 15 is 0 Å². The van der Waals surface area contributed by atoms with Crippen LogP contribution in [-0.4, -0.2) is 17.0 Å². The molecular formula is C10H11ClN4S. The minimum atomic E-state index is 0.439. The fourth-order valence-electron chi connectivity index (χ4n) is 1.38. The molecule has 0 bridgehead atoms. The van der Waals surface area contributed by atoms with Gasteiger partial charge < -0.3 is 10.6 Å². The molecule has 0 aliphatic heterocycles. The Hall–Kier alpha value is -1.33. The first kappa shape index (κ1) is 11.2. The number of halogens is 1. The van der Waals surface area contributed by atoms with E-state index in [-0.39, 0.29) is 0 Å². The highest BCUT2D eigenvalue weighted by molar-refractivity contribution is 7.07. The summed E-state index contributed by atoms with van der Waals surface area (Å²) in [5, 5.41) is 2.44. The van der Waals surface area contributed by atoms with Gasteiger partial charge >= 0.3 is 0 Å². The third-order valence-electron chi connectivity index (χ3n) is 2.12. The van der Waals surface area contributed by atoms with Crippen molar-refractivity contribution >= 4 is 34.4 Å². The van der Waals surface area contributed by atoms with Gasteiger partial charge in [0.15, 0.2) is 5.82 Å². The highest BCUT2D eigenvalue weighted by Gasteiger charge is 2.09. The summed E-state index contributed by atoms with van der Waals surface area (Å²) in [4.78, 5) is 10.3. The van der Waals surface area contributed by atoms with Crippen LogP contribution < -0.4 is 10.6 Å². The molecule has 0 aliphatic rings. The second-order valence-electron chi connectivity index (χ2n) is 3.38. The number of aromatic nitrogens is 2. The third kappa shape index (κ3) is 2.43. The van der Waals surface area contributed by atoms with Crippen molar-refractivity contribution in [3.05, 3.63) is 33.9 Å². The largest absolute Gasteiger partial charge is 0.396 e. The van der Waals surface area contributed by atoms with Gasteiger partial charge in [-0.2, -0.15) is 0 Å². The molecule has 0 radical (unpaired) electrons. The quantitative estimate of drug-likeness (QED) is 0.855. The normalized spacial score (nSPS) is 10.4. The van der Waals surface area contributed by atoms with Gasteiger partial charge in [0.05, 0.1) is 23.4 Å². The van der Waals surface area contributed by atoms with Gasteiger partial charge in [-0.3, -0.25) is 0 Å². The Kier molecular flexibility index (Phi) is 3.26. The van der Waals surface area contributed by atoms with Crippen LogP contribution in [0.1, 0.15) is 5.69 Å². The SMILES string of the molecule is CN(Cc1cscn1)c1nc(Cl)ccc1N. The van der Waals surface area contributed by atoms with Crippen LogP contribution >= 0.6 is 22.9 Å². The Labute approximate surface area is 103 Å². The molecule has 0 unspecified atom stereocenters. The predicted octanol–water partition coefficient (Wildman–Crippen LogP) is 2.41. The molecule has 2 rings (SSSR count). The topological polar surface area (TPSA) is 55.0 Å². The number of hydrogen-bond acceptors (Lipinski definition) is 5. The van der Waals surface area contributed by atoms with E-state index in [9.17, 15) is 0 Å². The van der Waals surface area contributed by atoms with Crippen molar-refractivity contribution < 1.29 is 0 Å². The van der Waals surface area contributed by atoms with Gasteiger partial charge in [-0.05, 0) is 12.1 Å². The summed E-state index contributed by atoms with van der Waals surface area (Å²) in [6.45, 7) is 0.668. The molecule has 6 heteroatoms. The molecular weight excluding hydrogens is 244 g/mol. The minimum absolute atomic E-state index is 0.439. The van der Waals surface area contributed by atoms with E-state index < -0.39 is 0 Å². The summed E-state index contributed by atoms with van der Waals surface area (Å²) in [5.41, 5.74) is 9.25. The predicted molar refractivity (Wildman–Crippen MR) is 67.9 cm³/mol. The lowest BCUT2D eigenvalue weighted by Gasteiger charge is -2.18. The number of thiazole rings is 1. The van der Waals surface area contributed by atoms with Gasteiger partial charge in [-0.25, -0.2) is 9.97 Å². The second-order valence-corrected chi connectivity index (χ2v) is 4.49. The van der Waals surface area contributed by atoms with Crippen LogP contribution in [0.2, 0.25) is 5.15 Å².